The van der Waals surface area contributed by atoms with E-state index in [-0.39, 0.29) is 11.4 Å². The fraction of sp³-hybridized carbons (Fsp3) is 0. The number of nitrogen functional groups attached to an aromatic ring is 1. The van der Waals surface area contributed by atoms with Crippen LogP contribution in [0.15, 0.2) is 29.6 Å². The number of rotatable bonds is 2. The van der Waals surface area contributed by atoms with Gasteiger partial charge in [-0.2, -0.15) is 0 Å². The molecule has 1 amide bonds. The summed E-state index contributed by atoms with van der Waals surface area (Å²) in [7, 11) is 0. The molecular formula is C10H9N3O2S. The lowest BCUT2D eigenvalue weighted by atomic mass is 10.2. The molecule has 0 saturated carbocycles. The molecule has 0 bridgehead atoms. The molecule has 5 nitrogen and oxygen atoms in total. The average molecular weight is 235 g/mol. The van der Waals surface area contributed by atoms with E-state index in [1.54, 1.807) is 29.6 Å². The molecule has 0 aliphatic heterocycles. The van der Waals surface area contributed by atoms with Crippen molar-refractivity contribution >= 4 is 17.2 Å². The Morgan fingerprint density at radius 2 is 2.06 bits per heavy atom. The first-order chi connectivity index (χ1) is 7.70. The van der Waals surface area contributed by atoms with Crippen molar-refractivity contribution in [2.75, 3.05) is 0 Å². The number of hydrogen-bond acceptors (Lipinski definition) is 5. The number of carbonyl (C=O) groups excluding carboxylic acids is 1. The van der Waals surface area contributed by atoms with Crippen molar-refractivity contribution < 1.29 is 9.90 Å². The van der Waals surface area contributed by atoms with Crippen LogP contribution in [-0.4, -0.2) is 16.0 Å². The number of aromatic nitrogens is 1. The van der Waals surface area contributed by atoms with Gasteiger partial charge in [-0.05, 0) is 24.3 Å². The highest BCUT2D eigenvalue weighted by atomic mass is 32.1. The largest absolute Gasteiger partial charge is 0.508 e. The Hall–Kier alpha value is -1.92. The van der Waals surface area contributed by atoms with Crippen molar-refractivity contribution in [1.29, 1.82) is 0 Å². The lowest BCUT2D eigenvalue weighted by Gasteiger charge is -1.96. The second kappa shape index (κ2) is 4.30. The number of aromatic hydroxyl groups is 1. The number of hydrazine groups is 1. The van der Waals surface area contributed by atoms with E-state index in [1.807, 2.05) is 5.43 Å². The van der Waals surface area contributed by atoms with Gasteiger partial charge in [0.25, 0.3) is 5.91 Å². The quantitative estimate of drug-likeness (QED) is 0.413. The molecule has 82 valence electrons. The highest BCUT2D eigenvalue weighted by Gasteiger charge is 2.10. The van der Waals surface area contributed by atoms with Gasteiger partial charge in [0.1, 0.15) is 16.5 Å². The van der Waals surface area contributed by atoms with Crippen molar-refractivity contribution in [3.63, 3.8) is 0 Å². The Morgan fingerprint density at radius 1 is 1.38 bits per heavy atom. The van der Waals surface area contributed by atoms with Gasteiger partial charge in [0.2, 0.25) is 0 Å². The molecule has 0 unspecified atom stereocenters. The summed E-state index contributed by atoms with van der Waals surface area (Å²) in [6, 6.07) is 6.61. The van der Waals surface area contributed by atoms with Gasteiger partial charge in [-0.1, -0.05) is 0 Å². The number of nitrogens with one attached hydrogen (secondary N) is 1. The number of nitrogens with zero attached hydrogens (tertiary/aromatic N) is 1. The Labute approximate surface area is 95.5 Å². The number of carbonyl (C=O) groups is 1. The average Bonchev–Trinajstić information content (AvgIpc) is 2.78. The normalized spacial score (nSPS) is 10.1. The molecule has 1 aromatic carbocycles. The van der Waals surface area contributed by atoms with Crippen LogP contribution in [0.3, 0.4) is 0 Å². The van der Waals surface area contributed by atoms with E-state index in [9.17, 15) is 4.79 Å². The summed E-state index contributed by atoms with van der Waals surface area (Å²) in [6.45, 7) is 0. The third-order valence-electron chi connectivity index (χ3n) is 1.98. The predicted octanol–water partition coefficient (Wildman–Crippen LogP) is 1.12. The van der Waals surface area contributed by atoms with Crippen LogP contribution in [0.25, 0.3) is 10.6 Å². The third kappa shape index (κ3) is 2.02. The monoisotopic (exact) mass is 235 g/mol. The van der Waals surface area contributed by atoms with Crippen molar-refractivity contribution in [3.8, 4) is 16.3 Å². The number of amides is 1. The minimum absolute atomic E-state index is 0.195. The number of phenolic OH excluding ortho intramolecular Hbond substituents is 1. The van der Waals surface area contributed by atoms with Crippen molar-refractivity contribution in [1.82, 2.24) is 10.4 Å². The van der Waals surface area contributed by atoms with E-state index in [0.717, 1.165) is 5.56 Å². The summed E-state index contributed by atoms with van der Waals surface area (Å²) in [5.74, 6) is 4.78. The molecule has 0 aliphatic carbocycles. The van der Waals surface area contributed by atoms with Crippen LogP contribution in [0.4, 0.5) is 0 Å². The first kappa shape index (κ1) is 10.6. The Kier molecular flexibility index (Phi) is 2.84. The Morgan fingerprint density at radius 3 is 2.69 bits per heavy atom. The molecule has 0 atom stereocenters. The number of hydrogen-bond donors (Lipinski definition) is 3. The maximum Gasteiger partial charge on any atom is 0.284 e. The fourth-order valence-corrected chi connectivity index (χ4v) is 1.99. The van der Waals surface area contributed by atoms with Gasteiger partial charge in [-0.15, -0.1) is 11.3 Å². The third-order valence-corrected chi connectivity index (χ3v) is 2.87. The Bertz CT molecular complexity index is 507. The molecule has 0 radical (unpaired) electrons. The number of phenols is 1. The van der Waals surface area contributed by atoms with Crippen LogP contribution >= 0.6 is 11.3 Å². The van der Waals surface area contributed by atoms with Gasteiger partial charge >= 0.3 is 0 Å². The summed E-state index contributed by atoms with van der Waals surface area (Å²) < 4.78 is 0. The van der Waals surface area contributed by atoms with Crippen LogP contribution in [0.1, 0.15) is 10.5 Å². The van der Waals surface area contributed by atoms with E-state index >= 15 is 0 Å². The molecule has 0 fully saturated rings. The second-order valence-corrected chi connectivity index (χ2v) is 3.92. The van der Waals surface area contributed by atoms with E-state index in [2.05, 4.69) is 4.98 Å². The van der Waals surface area contributed by atoms with Gasteiger partial charge in [-0.3, -0.25) is 10.2 Å². The van der Waals surface area contributed by atoms with Gasteiger partial charge in [-0.25, -0.2) is 10.8 Å². The predicted molar refractivity (Wildman–Crippen MR) is 60.9 cm³/mol. The highest BCUT2D eigenvalue weighted by Crippen LogP contribution is 2.25. The number of benzene rings is 1. The molecule has 1 heterocycles. The zero-order valence-corrected chi connectivity index (χ0v) is 8.99. The Balaban J connectivity index is 2.31. The maximum atomic E-state index is 11.2. The van der Waals surface area contributed by atoms with Crippen LogP contribution in [0.5, 0.6) is 5.75 Å². The molecule has 4 N–H and O–H groups in total. The zero-order chi connectivity index (χ0) is 11.5. The van der Waals surface area contributed by atoms with Crippen LogP contribution in [0, 0.1) is 0 Å². The van der Waals surface area contributed by atoms with Gasteiger partial charge in [0, 0.05) is 10.9 Å². The molecule has 16 heavy (non-hydrogen) atoms. The number of nitrogens with two attached hydrogens (primary N) is 1. The van der Waals surface area contributed by atoms with E-state index in [4.69, 9.17) is 10.9 Å². The van der Waals surface area contributed by atoms with Crippen molar-refractivity contribution in [3.05, 3.63) is 35.3 Å². The summed E-state index contributed by atoms with van der Waals surface area (Å²) in [4.78, 5) is 15.3. The summed E-state index contributed by atoms with van der Waals surface area (Å²) in [6.07, 6.45) is 0. The van der Waals surface area contributed by atoms with Gasteiger partial charge in [0.15, 0.2) is 0 Å². The van der Waals surface area contributed by atoms with Crippen molar-refractivity contribution in [2.24, 2.45) is 5.84 Å². The lowest BCUT2D eigenvalue weighted by molar-refractivity contribution is 0.0949. The second-order valence-electron chi connectivity index (χ2n) is 3.06. The van der Waals surface area contributed by atoms with Crippen LogP contribution < -0.4 is 11.3 Å². The van der Waals surface area contributed by atoms with Gasteiger partial charge in [0.05, 0.1) is 0 Å². The standard InChI is InChI=1S/C10H9N3O2S/c11-13-9(15)8-5-16-10(12-8)6-1-3-7(14)4-2-6/h1-5,14H,11H2,(H,13,15). The molecule has 1 aromatic heterocycles. The molecule has 0 spiro atoms. The number of thiazole rings is 1. The first-order valence-electron chi connectivity index (χ1n) is 4.46. The van der Waals surface area contributed by atoms with Crippen molar-refractivity contribution in [2.45, 2.75) is 0 Å². The molecule has 2 rings (SSSR count). The fourth-order valence-electron chi connectivity index (χ4n) is 1.19. The topological polar surface area (TPSA) is 88.2 Å². The maximum absolute atomic E-state index is 11.2. The van der Waals surface area contributed by atoms with Crippen LogP contribution in [0.2, 0.25) is 0 Å². The van der Waals surface area contributed by atoms with Crippen LogP contribution in [-0.2, 0) is 0 Å². The summed E-state index contributed by atoms with van der Waals surface area (Å²) in [5, 5.41) is 11.5. The molecule has 0 aliphatic rings. The first-order valence-corrected chi connectivity index (χ1v) is 5.34. The summed E-state index contributed by atoms with van der Waals surface area (Å²) >= 11 is 1.34. The molecular weight excluding hydrogens is 226 g/mol. The summed E-state index contributed by atoms with van der Waals surface area (Å²) in [5.41, 5.74) is 3.15. The minimum atomic E-state index is -0.415. The van der Waals surface area contributed by atoms with E-state index in [1.165, 1.54) is 11.3 Å². The highest BCUT2D eigenvalue weighted by molar-refractivity contribution is 7.13. The lowest BCUT2D eigenvalue weighted by Crippen LogP contribution is -2.30. The minimum Gasteiger partial charge on any atom is -0.508 e. The zero-order valence-electron chi connectivity index (χ0n) is 8.18. The SMILES string of the molecule is NNC(=O)c1csc(-c2ccc(O)cc2)n1. The molecule has 0 saturated heterocycles. The van der Waals surface area contributed by atoms with Gasteiger partial charge < -0.3 is 5.11 Å². The smallest absolute Gasteiger partial charge is 0.284 e. The molecule has 6 heteroatoms. The van der Waals surface area contributed by atoms with E-state index in [0.29, 0.717) is 5.01 Å². The van der Waals surface area contributed by atoms with E-state index < -0.39 is 5.91 Å². The molecule has 2 aromatic rings.